The first-order valence-electron chi connectivity index (χ1n) is 7.88. The van der Waals surface area contributed by atoms with E-state index in [0.29, 0.717) is 21.8 Å². The van der Waals surface area contributed by atoms with Gasteiger partial charge in [-0.25, -0.2) is 9.59 Å². The van der Waals surface area contributed by atoms with Crippen LogP contribution in [0.4, 0.5) is 11.4 Å². The first-order valence-corrected chi connectivity index (χ1v) is 7.88. The van der Waals surface area contributed by atoms with Gasteiger partial charge in [0, 0.05) is 29.2 Å². The fourth-order valence-electron chi connectivity index (χ4n) is 2.61. The molecule has 0 bridgehead atoms. The molecule has 2 aromatic heterocycles. The van der Waals surface area contributed by atoms with Crippen LogP contribution in [0.3, 0.4) is 0 Å². The molecule has 14 nitrogen and oxygen atoms in total. The van der Waals surface area contributed by atoms with E-state index in [4.69, 9.17) is 10.2 Å². The number of non-ortho nitro benzene ring substituents is 2. The SMILES string of the molecule is O=C(O)c1cc([N+](=O)[O-])c2cn[nH]c2c1.O=C(O)c1cc([N+](=O)[O-])c2cn[nH]c2c1.[Fe]. The summed E-state index contributed by atoms with van der Waals surface area (Å²) in [6.45, 7) is 0. The summed E-state index contributed by atoms with van der Waals surface area (Å²) in [5.41, 5.74) is -0.141. The van der Waals surface area contributed by atoms with Crippen molar-refractivity contribution in [2.75, 3.05) is 0 Å². The third-order valence-electron chi connectivity index (χ3n) is 3.96. The van der Waals surface area contributed by atoms with Crippen molar-refractivity contribution in [3.05, 3.63) is 68.0 Å². The molecule has 4 rings (SSSR count). The van der Waals surface area contributed by atoms with Gasteiger partial charge in [-0.05, 0) is 12.1 Å². The Morgan fingerprint density at radius 3 is 1.42 bits per heavy atom. The van der Waals surface area contributed by atoms with E-state index in [9.17, 15) is 29.8 Å². The van der Waals surface area contributed by atoms with Crippen LogP contribution in [0.1, 0.15) is 20.7 Å². The average molecular weight is 470 g/mol. The number of nitrogens with zero attached hydrogens (tertiary/aromatic N) is 4. The van der Waals surface area contributed by atoms with E-state index in [0.717, 1.165) is 12.1 Å². The Bertz CT molecular complexity index is 1230. The third-order valence-corrected chi connectivity index (χ3v) is 3.96. The summed E-state index contributed by atoms with van der Waals surface area (Å²) in [6.07, 6.45) is 2.58. The molecule has 31 heavy (non-hydrogen) atoms. The normalized spacial score (nSPS) is 10.1. The Morgan fingerprint density at radius 1 is 0.774 bits per heavy atom. The first-order chi connectivity index (χ1) is 14.2. The van der Waals surface area contributed by atoms with Crippen LogP contribution in [-0.2, 0) is 17.1 Å². The van der Waals surface area contributed by atoms with Crippen LogP contribution < -0.4 is 0 Å². The van der Waals surface area contributed by atoms with Crippen molar-refractivity contribution in [3.8, 4) is 0 Å². The molecular weight excluding hydrogens is 460 g/mol. The zero-order valence-corrected chi connectivity index (χ0v) is 16.1. The summed E-state index contributed by atoms with van der Waals surface area (Å²) >= 11 is 0. The Hall–Kier alpha value is -4.36. The van der Waals surface area contributed by atoms with Crippen LogP contribution in [0.2, 0.25) is 0 Å². The fourth-order valence-corrected chi connectivity index (χ4v) is 2.61. The van der Waals surface area contributed by atoms with E-state index in [1.54, 1.807) is 0 Å². The zero-order chi connectivity index (χ0) is 22.0. The number of hydrogen-bond donors (Lipinski definition) is 4. The second-order valence-electron chi connectivity index (χ2n) is 5.78. The van der Waals surface area contributed by atoms with Crippen molar-refractivity contribution in [1.82, 2.24) is 20.4 Å². The van der Waals surface area contributed by atoms with Crippen LogP contribution in [0.15, 0.2) is 36.7 Å². The van der Waals surface area contributed by atoms with Gasteiger partial charge in [-0.15, -0.1) is 0 Å². The molecule has 0 unspecified atom stereocenters. The van der Waals surface area contributed by atoms with Crippen LogP contribution in [-0.4, -0.2) is 52.4 Å². The maximum Gasteiger partial charge on any atom is 0.336 e. The van der Waals surface area contributed by atoms with Crippen molar-refractivity contribution in [2.45, 2.75) is 0 Å². The molecule has 0 aliphatic heterocycles. The number of carboxylic acids is 2. The third kappa shape index (κ3) is 4.63. The number of aromatic nitrogens is 4. The topological polar surface area (TPSA) is 218 Å². The molecule has 160 valence electrons. The van der Waals surface area contributed by atoms with Crippen molar-refractivity contribution in [3.63, 3.8) is 0 Å². The number of nitro groups is 2. The van der Waals surface area contributed by atoms with Gasteiger partial charge in [0.15, 0.2) is 0 Å². The number of H-pyrrole nitrogens is 2. The molecule has 0 aliphatic carbocycles. The fraction of sp³-hybridized carbons (Fsp3) is 0. The molecule has 4 aromatic rings. The number of nitrogens with one attached hydrogen (secondary N) is 2. The molecule has 0 aliphatic rings. The molecule has 4 N–H and O–H groups in total. The van der Waals surface area contributed by atoms with Gasteiger partial charge in [0.25, 0.3) is 11.4 Å². The molecule has 0 amide bonds. The number of aromatic carboxylic acids is 2. The predicted octanol–water partition coefficient (Wildman–Crippen LogP) is 2.34. The molecule has 0 fully saturated rings. The van der Waals surface area contributed by atoms with Gasteiger partial charge in [0.1, 0.15) is 0 Å². The number of carboxylic acid groups (broad SMARTS) is 2. The van der Waals surface area contributed by atoms with Crippen LogP contribution in [0, 0.1) is 20.2 Å². The van der Waals surface area contributed by atoms with Gasteiger partial charge in [-0.3, -0.25) is 30.4 Å². The van der Waals surface area contributed by atoms with Crippen LogP contribution in [0.25, 0.3) is 21.8 Å². The molecule has 0 radical (unpaired) electrons. The minimum absolute atomic E-state index is 0. The van der Waals surface area contributed by atoms with Crippen LogP contribution >= 0.6 is 0 Å². The molecule has 0 atom stereocenters. The molecular formula is C16H10FeN6O8. The van der Waals surface area contributed by atoms with Gasteiger partial charge < -0.3 is 10.2 Å². The van der Waals surface area contributed by atoms with Crippen molar-refractivity contribution in [1.29, 1.82) is 0 Å². The van der Waals surface area contributed by atoms with E-state index in [1.807, 2.05) is 0 Å². The number of aromatic amines is 2. The minimum atomic E-state index is -1.21. The Labute approximate surface area is 180 Å². The molecule has 0 spiro atoms. The van der Waals surface area contributed by atoms with E-state index < -0.39 is 21.8 Å². The second-order valence-corrected chi connectivity index (χ2v) is 5.78. The van der Waals surface area contributed by atoms with Crippen molar-refractivity contribution in [2.24, 2.45) is 0 Å². The molecule has 2 aromatic carbocycles. The molecule has 0 saturated carbocycles. The standard InChI is InChI=1S/2C8H5N3O4.Fe/c2*12-8(13)4-1-6-5(3-9-10-6)7(2-4)11(14)15;/h2*1-3H,(H,9,10)(H,12,13);. The maximum absolute atomic E-state index is 10.7. The Balaban J connectivity index is 0.000000213. The van der Waals surface area contributed by atoms with Gasteiger partial charge in [0.05, 0.1) is 55.2 Å². The van der Waals surface area contributed by atoms with Crippen LogP contribution in [0.5, 0.6) is 0 Å². The molecule has 15 heteroatoms. The Morgan fingerprint density at radius 2 is 1.13 bits per heavy atom. The Kier molecular flexibility index (Phi) is 6.64. The minimum Gasteiger partial charge on any atom is -0.478 e. The number of fused-ring (bicyclic) bond motifs is 2. The summed E-state index contributed by atoms with van der Waals surface area (Å²) in [5, 5.41) is 51.6. The number of carbonyl (C=O) groups is 2. The first kappa shape index (κ1) is 22.9. The zero-order valence-electron chi connectivity index (χ0n) is 15.0. The van der Waals surface area contributed by atoms with Gasteiger partial charge >= 0.3 is 11.9 Å². The summed E-state index contributed by atoms with van der Waals surface area (Å²) in [4.78, 5) is 41.4. The largest absolute Gasteiger partial charge is 0.478 e. The molecule has 2 heterocycles. The number of nitro benzene ring substituents is 2. The number of benzene rings is 2. The predicted molar refractivity (Wildman–Crippen MR) is 99.4 cm³/mol. The smallest absolute Gasteiger partial charge is 0.336 e. The summed E-state index contributed by atoms with van der Waals surface area (Å²) in [5.74, 6) is -2.43. The van der Waals surface area contributed by atoms with E-state index in [1.165, 1.54) is 24.5 Å². The van der Waals surface area contributed by atoms with Crippen molar-refractivity contribution < 1.29 is 46.7 Å². The summed E-state index contributed by atoms with van der Waals surface area (Å²) in [7, 11) is 0. The maximum atomic E-state index is 10.7. The monoisotopic (exact) mass is 470 g/mol. The summed E-state index contributed by atoms with van der Waals surface area (Å²) in [6, 6.07) is 4.63. The molecule has 0 saturated heterocycles. The number of rotatable bonds is 4. The van der Waals surface area contributed by atoms with Gasteiger partial charge in [-0.2, -0.15) is 10.2 Å². The van der Waals surface area contributed by atoms with Crippen molar-refractivity contribution >= 4 is 45.1 Å². The van der Waals surface area contributed by atoms with E-state index in [-0.39, 0.29) is 39.6 Å². The average Bonchev–Trinajstić information content (AvgIpc) is 3.35. The van der Waals surface area contributed by atoms with E-state index >= 15 is 0 Å². The van der Waals surface area contributed by atoms with E-state index in [2.05, 4.69) is 20.4 Å². The summed E-state index contributed by atoms with van der Waals surface area (Å²) < 4.78 is 0. The second kappa shape index (κ2) is 8.98. The quantitative estimate of drug-likeness (QED) is 0.194. The van der Waals surface area contributed by atoms with Gasteiger partial charge in [0.2, 0.25) is 0 Å². The number of hydrogen-bond acceptors (Lipinski definition) is 8. The van der Waals surface area contributed by atoms with Gasteiger partial charge in [-0.1, -0.05) is 0 Å².